The van der Waals surface area contributed by atoms with Gasteiger partial charge in [-0.3, -0.25) is 4.90 Å². The van der Waals surface area contributed by atoms with Crippen LogP contribution in [-0.4, -0.2) is 38.5 Å². The van der Waals surface area contributed by atoms with Crippen LogP contribution in [0.15, 0.2) is 24.3 Å². The topological polar surface area (TPSA) is 67.9 Å². The van der Waals surface area contributed by atoms with E-state index in [2.05, 4.69) is 23.9 Å². The van der Waals surface area contributed by atoms with Gasteiger partial charge < -0.3 is 14.8 Å². The monoisotopic (exact) mass is 292 g/mol. The number of rotatable bonds is 4. The zero-order valence-corrected chi connectivity index (χ0v) is 12.5. The van der Waals surface area contributed by atoms with Gasteiger partial charge in [-0.05, 0) is 23.6 Å². The van der Waals surface area contributed by atoms with Crippen molar-refractivity contribution in [2.24, 2.45) is 0 Å². The Kier molecular flexibility index (Phi) is 4.67. The molecule has 1 aliphatic heterocycles. The number of benzene rings is 1. The molecule has 2 amide bonds. The lowest BCUT2D eigenvalue weighted by molar-refractivity contribution is 0.132. The largest absolute Gasteiger partial charge is 0.453 e. The third kappa shape index (κ3) is 3.65. The van der Waals surface area contributed by atoms with Crippen LogP contribution in [0.1, 0.15) is 25.3 Å². The maximum Gasteiger partial charge on any atom is 0.414 e. The zero-order valence-electron chi connectivity index (χ0n) is 12.5. The van der Waals surface area contributed by atoms with Crippen molar-refractivity contribution in [1.82, 2.24) is 5.32 Å². The molecule has 1 aromatic carbocycles. The molecule has 0 spiro atoms. The number of hydrogen-bond donors (Lipinski definition) is 1. The van der Waals surface area contributed by atoms with Crippen LogP contribution >= 0.6 is 0 Å². The fraction of sp³-hybridized carbons (Fsp3) is 0.467. The SMILES string of the molecule is COC(=O)NCC1CN(c2ccc(C(C)C)cc2)C(=O)O1. The summed E-state index contributed by atoms with van der Waals surface area (Å²) in [4.78, 5) is 24.5. The van der Waals surface area contributed by atoms with Crippen molar-refractivity contribution >= 4 is 17.9 Å². The summed E-state index contributed by atoms with van der Waals surface area (Å²) in [6.45, 7) is 4.88. The average Bonchev–Trinajstić information content (AvgIpc) is 2.86. The van der Waals surface area contributed by atoms with Gasteiger partial charge in [0.2, 0.25) is 0 Å². The van der Waals surface area contributed by atoms with E-state index in [-0.39, 0.29) is 12.6 Å². The lowest BCUT2D eigenvalue weighted by Crippen LogP contribution is -2.34. The van der Waals surface area contributed by atoms with Crippen LogP contribution in [0.25, 0.3) is 0 Å². The number of hydrogen-bond acceptors (Lipinski definition) is 4. The number of anilines is 1. The summed E-state index contributed by atoms with van der Waals surface area (Å²) < 4.78 is 9.70. The minimum absolute atomic E-state index is 0.235. The maximum absolute atomic E-state index is 11.9. The molecule has 0 saturated carbocycles. The van der Waals surface area contributed by atoms with Crippen LogP contribution in [0.4, 0.5) is 15.3 Å². The number of methoxy groups -OCH3 is 1. The minimum atomic E-state index is -0.536. The van der Waals surface area contributed by atoms with Crippen molar-refractivity contribution in [1.29, 1.82) is 0 Å². The second-order valence-electron chi connectivity index (χ2n) is 5.24. The fourth-order valence-corrected chi connectivity index (χ4v) is 2.15. The molecular formula is C15H20N2O4. The number of amides is 2. The third-order valence-corrected chi connectivity index (χ3v) is 3.40. The van der Waals surface area contributed by atoms with Gasteiger partial charge in [0.15, 0.2) is 0 Å². The van der Waals surface area contributed by atoms with E-state index in [0.29, 0.717) is 12.5 Å². The Morgan fingerprint density at radius 2 is 2.10 bits per heavy atom. The normalized spacial score (nSPS) is 17.8. The summed E-state index contributed by atoms with van der Waals surface area (Å²) in [5.74, 6) is 0.446. The standard InChI is InChI=1S/C15H20N2O4/c1-10(2)11-4-6-12(7-5-11)17-9-13(21-15(17)19)8-16-14(18)20-3/h4-7,10,13H,8-9H2,1-3H3,(H,16,18). The van der Waals surface area contributed by atoms with Crippen LogP contribution in [-0.2, 0) is 9.47 Å². The molecule has 1 heterocycles. The second-order valence-corrected chi connectivity index (χ2v) is 5.24. The van der Waals surface area contributed by atoms with Crippen molar-refractivity contribution < 1.29 is 19.1 Å². The zero-order chi connectivity index (χ0) is 15.4. The van der Waals surface area contributed by atoms with Crippen molar-refractivity contribution in [3.8, 4) is 0 Å². The Bertz CT molecular complexity index is 513. The summed E-state index contributed by atoms with van der Waals surface area (Å²) in [7, 11) is 1.29. The molecule has 1 fully saturated rings. The maximum atomic E-state index is 11.9. The summed E-state index contributed by atoms with van der Waals surface area (Å²) in [5, 5.41) is 2.53. The molecule has 1 atom stereocenters. The van der Waals surface area contributed by atoms with E-state index in [9.17, 15) is 9.59 Å². The van der Waals surface area contributed by atoms with Gasteiger partial charge in [0.05, 0.1) is 20.2 Å². The predicted molar refractivity (Wildman–Crippen MR) is 78.6 cm³/mol. The van der Waals surface area contributed by atoms with E-state index in [1.54, 1.807) is 4.90 Å². The van der Waals surface area contributed by atoms with Crippen LogP contribution < -0.4 is 10.2 Å². The molecule has 2 rings (SSSR count). The van der Waals surface area contributed by atoms with Crippen LogP contribution in [0.5, 0.6) is 0 Å². The van der Waals surface area contributed by atoms with Gasteiger partial charge in [-0.1, -0.05) is 26.0 Å². The Labute approximate surface area is 124 Å². The van der Waals surface area contributed by atoms with E-state index >= 15 is 0 Å². The van der Waals surface area contributed by atoms with Crippen LogP contribution in [0, 0.1) is 0 Å². The number of alkyl carbamates (subject to hydrolysis) is 1. The van der Waals surface area contributed by atoms with E-state index in [1.807, 2.05) is 24.3 Å². The van der Waals surface area contributed by atoms with Crippen molar-refractivity contribution in [3.63, 3.8) is 0 Å². The molecule has 1 aliphatic rings. The summed E-state index contributed by atoms with van der Waals surface area (Å²) in [6.07, 6.45) is -1.31. The first kappa shape index (κ1) is 15.2. The fourth-order valence-electron chi connectivity index (χ4n) is 2.15. The first-order valence-corrected chi connectivity index (χ1v) is 6.91. The third-order valence-electron chi connectivity index (χ3n) is 3.40. The highest BCUT2D eigenvalue weighted by Crippen LogP contribution is 2.24. The molecule has 6 nitrogen and oxygen atoms in total. The van der Waals surface area contributed by atoms with Crippen LogP contribution in [0.2, 0.25) is 0 Å². The van der Waals surface area contributed by atoms with Gasteiger partial charge in [0, 0.05) is 5.69 Å². The molecule has 1 aromatic rings. The number of carbonyl (C=O) groups is 2. The van der Waals surface area contributed by atoms with Crippen molar-refractivity contribution in [2.45, 2.75) is 25.9 Å². The molecule has 0 aliphatic carbocycles. The molecular weight excluding hydrogens is 272 g/mol. The molecule has 21 heavy (non-hydrogen) atoms. The van der Waals surface area contributed by atoms with Gasteiger partial charge in [-0.2, -0.15) is 0 Å². The lowest BCUT2D eigenvalue weighted by atomic mass is 10.0. The van der Waals surface area contributed by atoms with Gasteiger partial charge in [-0.25, -0.2) is 9.59 Å². The molecule has 0 radical (unpaired) electrons. The highest BCUT2D eigenvalue weighted by atomic mass is 16.6. The highest BCUT2D eigenvalue weighted by Gasteiger charge is 2.32. The minimum Gasteiger partial charge on any atom is -0.453 e. The Balaban J connectivity index is 1.98. The van der Waals surface area contributed by atoms with Crippen LogP contribution in [0.3, 0.4) is 0 Å². The van der Waals surface area contributed by atoms with Gasteiger partial charge >= 0.3 is 12.2 Å². The van der Waals surface area contributed by atoms with E-state index in [0.717, 1.165) is 5.69 Å². The molecule has 1 unspecified atom stereocenters. The van der Waals surface area contributed by atoms with E-state index in [1.165, 1.54) is 12.7 Å². The summed E-state index contributed by atoms with van der Waals surface area (Å²) >= 11 is 0. The summed E-state index contributed by atoms with van der Waals surface area (Å²) in [6, 6.07) is 7.83. The highest BCUT2D eigenvalue weighted by molar-refractivity contribution is 5.89. The number of cyclic esters (lactones) is 1. The first-order chi connectivity index (χ1) is 10.0. The molecule has 114 valence electrons. The molecule has 0 aromatic heterocycles. The van der Waals surface area contributed by atoms with E-state index in [4.69, 9.17) is 4.74 Å². The number of nitrogens with zero attached hydrogens (tertiary/aromatic N) is 1. The Morgan fingerprint density at radius 3 is 2.67 bits per heavy atom. The lowest BCUT2D eigenvalue weighted by Gasteiger charge is -2.14. The predicted octanol–water partition coefficient (Wildman–Crippen LogP) is 2.49. The number of carbonyl (C=O) groups excluding carboxylic acids is 2. The van der Waals surface area contributed by atoms with Crippen molar-refractivity contribution in [2.75, 3.05) is 25.1 Å². The molecule has 6 heteroatoms. The first-order valence-electron chi connectivity index (χ1n) is 6.91. The number of ether oxygens (including phenoxy) is 2. The average molecular weight is 292 g/mol. The Hall–Kier alpha value is -2.24. The second kappa shape index (κ2) is 6.47. The smallest absolute Gasteiger partial charge is 0.414 e. The molecule has 1 saturated heterocycles. The van der Waals surface area contributed by atoms with E-state index < -0.39 is 12.2 Å². The van der Waals surface area contributed by atoms with Gasteiger partial charge in [-0.15, -0.1) is 0 Å². The number of nitrogens with one attached hydrogen (secondary N) is 1. The summed E-state index contributed by atoms with van der Waals surface area (Å²) in [5.41, 5.74) is 2.01. The van der Waals surface area contributed by atoms with Gasteiger partial charge in [0.1, 0.15) is 6.10 Å². The van der Waals surface area contributed by atoms with Crippen molar-refractivity contribution in [3.05, 3.63) is 29.8 Å². The molecule has 1 N–H and O–H groups in total. The quantitative estimate of drug-likeness (QED) is 0.925. The van der Waals surface area contributed by atoms with Gasteiger partial charge in [0.25, 0.3) is 0 Å². The Morgan fingerprint density at radius 1 is 1.43 bits per heavy atom. The molecule has 0 bridgehead atoms.